The molecule has 3 N–H and O–H groups in total. The summed E-state index contributed by atoms with van der Waals surface area (Å²) in [6.07, 6.45) is 0. The maximum atomic E-state index is 8.88. The second-order valence-corrected chi connectivity index (χ2v) is 1.54. The molecule has 0 aliphatic rings. The van der Waals surface area contributed by atoms with Crippen LogP contribution in [0, 0.1) is 0 Å². The summed E-state index contributed by atoms with van der Waals surface area (Å²) in [6.45, 7) is 0. The van der Waals surface area contributed by atoms with Gasteiger partial charge in [-0.1, -0.05) is 0 Å². The van der Waals surface area contributed by atoms with E-state index < -0.39 is 7.82 Å². The number of halogens is 2. The van der Waals surface area contributed by atoms with Crippen molar-refractivity contribution in [2.75, 3.05) is 0 Å². The van der Waals surface area contributed by atoms with Gasteiger partial charge in [-0.3, -0.25) is 0 Å². The second-order valence-electron chi connectivity index (χ2n) is 0.513. The van der Waals surface area contributed by atoms with E-state index in [1.807, 2.05) is 0 Å². The topological polar surface area (TPSA) is 77.8 Å². The minimum absolute atomic E-state index is 0. The van der Waals surface area contributed by atoms with Crippen LogP contribution in [0.3, 0.4) is 0 Å². The summed E-state index contributed by atoms with van der Waals surface area (Å²) in [5.74, 6) is 0. The van der Waals surface area contributed by atoms with Crippen LogP contribution >= 0.6 is 7.82 Å². The molecule has 0 aromatic rings. The molecule has 0 aromatic heterocycles. The summed E-state index contributed by atoms with van der Waals surface area (Å²) in [7, 11) is -4.64. The third-order valence-corrected chi connectivity index (χ3v) is 0. The third-order valence-electron chi connectivity index (χ3n) is 0. The predicted octanol–water partition coefficient (Wildman–Crippen LogP) is -6.92. The van der Waals surface area contributed by atoms with Crippen LogP contribution in [0.4, 0.5) is 0 Å². The van der Waals surface area contributed by atoms with E-state index in [9.17, 15) is 0 Å². The summed E-state index contributed by atoms with van der Waals surface area (Å²) < 4.78 is 8.88. The first-order chi connectivity index (χ1) is 2.00. The van der Waals surface area contributed by atoms with Crippen LogP contribution in [0.15, 0.2) is 0 Å². The van der Waals surface area contributed by atoms with Crippen LogP contribution in [-0.4, -0.2) is 14.7 Å². The second kappa shape index (κ2) is 8.31. The zero-order valence-electron chi connectivity index (χ0n) is 3.66. The maximum Gasteiger partial charge on any atom is 2.00 e. The monoisotopic (exact) mass is 232 g/mol. The number of rotatable bonds is 0. The number of phosphoric acid groups is 1. The van der Waals surface area contributed by atoms with E-state index in [1.165, 1.54) is 0 Å². The minimum atomic E-state index is -4.64. The maximum absolute atomic E-state index is 8.88. The summed E-state index contributed by atoms with van der Waals surface area (Å²) in [6, 6.07) is 0. The molecular formula is H3Cl2O4PZn. The molecule has 8 heteroatoms. The first kappa shape index (κ1) is 22.8. The molecule has 0 fully saturated rings. The smallest absolute Gasteiger partial charge is 1.00 e. The molecule has 48 valence electrons. The molecule has 0 unspecified atom stereocenters. The molecule has 0 saturated heterocycles. The van der Waals surface area contributed by atoms with Crippen molar-refractivity contribution in [3.63, 3.8) is 0 Å². The van der Waals surface area contributed by atoms with Crippen molar-refractivity contribution >= 4 is 7.82 Å². The van der Waals surface area contributed by atoms with Gasteiger partial charge in [-0.2, -0.15) is 0 Å². The van der Waals surface area contributed by atoms with Gasteiger partial charge in [0.1, 0.15) is 0 Å². The zero-order chi connectivity index (χ0) is 4.50. The number of hydrogen-bond acceptors (Lipinski definition) is 1. The van der Waals surface area contributed by atoms with Gasteiger partial charge in [-0.25, -0.2) is 4.57 Å². The van der Waals surface area contributed by atoms with Gasteiger partial charge >= 0.3 is 27.3 Å². The van der Waals surface area contributed by atoms with Crippen molar-refractivity contribution in [1.29, 1.82) is 0 Å². The normalized spacial score (nSPS) is 7.38. The van der Waals surface area contributed by atoms with Crippen LogP contribution in [0.5, 0.6) is 0 Å². The zero-order valence-corrected chi connectivity index (χ0v) is 9.03. The summed E-state index contributed by atoms with van der Waals surface area (Å²) in [4.78, 5) is 21.6. The fraction of sp³-hybridized carbons (Fsp3) is 0. The van der Waals surface area contributed by atoms with Crippen LogP contribution in [-0.2, 0) is 24.0 Å². The summed E-state index contributed by atoms with van der Waals surface area (Å²) in [5.41, 5.74) is 0. The fourth-order valence-electron chi connectivity index (χ4n) is 0. The molecule has 0 rings (SSSR count). The standard InChI is InChI=1S/2ClH.H3O4P.Zn/c;;1-5(2,3)4;/h2*1H;(H3,1,2,3,4);/q;;;+2/p-2. The van der Waals surface area contributed by atoms with E-state index in [0.29, 0.717) is 0 Å². The van der Waals surface area contributed by atoms with Crippen molar-refractivity contribution in [3.05, 3.63) is 0 Å². The van der Waals surface area contributed by atoms with Gasteiger partial charge in [0, 0.05) is 0 Å². The van der Waals surface area contributed by atoms with Gasteiger partial charge < -0.3 is 39.5 Å². The van der Waals surface area contributed by atoms with Gasteiger partial charge in [-0.15, -0.1) is 0 Å². The van der Waals surface area contributed by atoms with Gasteiger partial charge in [0.05, 0.1) is 0 Å². The average molecular weight is 234 g/mol. The Balaban J connectivity index is -0.0000000267. The Bertz CT molecular complexity index is 60.2. The average Bonchev–Trinajstić information content (AvgIpc) is 0.722. The third kappa shape index (κ3) is 169. The molecule has 0 aliphatic heterocycles. The van der Waals surface area contributed by atoms with Gasteiger partial charge in [0.25, 0.3) is 0 Å². The molecule has 0 heterocycles. The van der Waals surface area contributed by atoms with Gasteiger partial charge in [-0.05, 0) is 0 Å². The Morgan fingerprint density at radius 3 is 1.00 bits per heavy atom. The molecule has 4 nitrogen and oxygen atoms in total. The summed E-state index contributed by atoms with van der Waals surface area (Å²) >= 11 is 0. The molecule has 0 saturated carbocycles. The first-order valence-corrected chi connectivity index (χ1v) is 2.35. The van der Waals surface area contributed by atoms with E-state index >= 15 is 0 Å². The van der Waals surface area contributed by atoms with Gasteiger partial charge in [0.15, 0.2) is 0 Å². The molecule has 0 aromatic carbocycles. The van der Waals surface area contributed by atoms with E-state index in [0.717, 1.165) is 0 Å². The van der Waals surface area contributed by atoms with Crippen LogP contribution in [0.2, 0.25) is 0 Å². The molecule has 0 radical (unpaired) electrons. The van der Waals surface area contributed by atoms with Crippen molar-refractivity contribution in [2.45, 2.75) is 0 Å². The van der Waals surface area contributed by atoms with E-state index in [-0.39, 0.29) is 44.3 Å². The Morgan fingerprint density at radius 1 is 1.00 bits per heavy atom. The molecule has 0 spiro atoms. The predicted molar refractivity (Wildman–Crippen MR) is 14.3 cm³/mol. The Hall–Kier alpha value is 1.31. The van der Waals surface area contributed by atoms with Crippen molar-refractivity contribution in [2.24, 2.45) is 0 Å². The largest absolute Gasteiger partial charge is 2.00 e. The van der Waals surface area contributed by atoms with Crippen molar-refractivity contribution < 1.29 is 63.5 Å². The van der Waals surface area contributed by atoms with E-state index in [2.05, 4.69) is 0 Å². The number of hydrogen-bond donors (Lipinski definition) is 3. The molecule has 0 amide bonds. The van der Waals surface area contributed by atoms with Crippen LogP contribution in [0.1, 0.15) is 0 Å². The first-order valence-electron chi connectivity index (χ1n) is 0.783. The molecule has 0 bridgehead atoms. The van der Waals surface area contributed by atoms with E-state index in [4.69, 9.17) is 19.2 Å². The Labute approximate surface area is 71.5 Å². The van der Waals surface area contributed by atoms with E-state index in [1.54, 1.807) is 0 Å². The van der Waals surface area contributed by atoms with Crippen molar-refractivity contribution in [1.82, 2.24) is 0 Å². The van der Waals surface area contributed by atoms with Gasteiger partial charge in [0.2, 0.25) is 0 Å². The SMILES string of the molecule is O=P(O)(O)O.[Cl-].[Cl-].[Zn+2]. The quantitative estimate of drug-likeness (QED) is 0.287. The van der Waals surface area contributed by atoms with Crippen molar-refractivity contribution in [3.8, 4) is 0 Å². The van der Waals surface area contributed by atoms with Crippen LogP contribution < -0.4 is 24.8 Å². The molecule has 0 aliphatic carbocycles. The molecular weight excluding hydrogens is 231 g/mol. The Kier molecular flexibility index (Phi) is 23.7. The van der Waals surface area contributed by atoms with Crippen LogP contribution in [0.25, 0.3) is 0 Å². The molecule has 0 atom stereocenters. The Morgan fingerprint density at radius 2 is 1.00 bits per heavy atom. The fourth-order valence-corrected chi connectivity index (χ4v) is 0. The minimum Gasteiger partial charge on any atom is -1.00 e. The molecule has 8 heavy (non-hydrogen) atoms. The summed E-state index contributed by atoms with van der Waals surface area (Å²) in [5, 5.41) is 0.